The van der Waals surface area contributed by atoms with Gasteiger partial charge >= 0.3 is 6.09 Å². The highest BCUT2D eigenvalue weighted by atomic mass is 16.6. The lowest BCUT2D eigenvalue weighted by molar-refractivity contribution is 0.0131. The molecule has 0 aliphatic carbocycles. The van der Waals surface area contributed by atoms with Crippen LogP contribution in [-0.4, -0.2) is 40.2 Å². The molecule has 180 valence electrons. The number of nitrogens with one attached hydrogen (secondary N) is 1. The number of amides is 1. The lowest BCUT2D eigenvalue weighted by atomic mass is 9.93. The fourth-order valence-electron chi connectivity index (χ4n) is 4.34. The third-order valence-corrected chi connectivity index (χ3v) is 5.89. The maximum Gasteiger partial charge on any atom is 0.410 e. The highest BCUT2D eigenvalue weighted by Crippen LogP contribution is 2.36. The predicted octanol–water partition coefficient (Wildman–Crippen LogP) is 6.20. The summed E-state index contributed by atoms with van der Waals surface area (Å²) in [4.78, 5) is 19.2. The van der Waals surface area contributed by atoms with Gasteiger partial charge in [-0.3, -0.25) is 0 Å². The predicted molar refractivity (Wildman–Crippen MR) is 133 cm³/mol. The van der Waals surface area contributed by atoms with E-state index in [2.05, 4.69) is 36.3 Å². The van der Waals surface area contributed by atoms with E-state index >= 15 is 0 Å². The van der Waals surface area contributed by atoms with Crippen molar-refractivity contribution >= 4 is 11.9 Å². The minimum atomic E-state index is -0.476. The molecule has 1 aliphatic rings. The molecule has 1 saturated heterocycles. The van der Waals surface area contributed by atoms with Gasteiger partial charge in [0.1, 0.15) is 12.2 Å². The number of hydrogen-bond donors (Lipinski definition) is 1. The summed E-state index contributed by atoms with van der Waals surface area (Å²) >= 11 is 0. The van der Waals surface area contributed by atoms with Crippen LogP contribution in [0.1, 0.15) is 65.1 Å². The van der Waals surface area contributed by atoms with Crippen molar-refractivity contribution in [2.45, 2.75) is 78.6 Å². The number of nitrogens with zero attached hydrogens (tertiary/aromatic N) is 2. The normalized spacial score (nSPS) is 17.6. The SMILES string of the molecule is Cc1ccc(OCc2ccccc2)c(NCCC[C@@H]2CN(C(=O)OC(C)(C)C)C(C)(C)C2)n1. The standard InChI is InChI=1S/C27H39N3O3/c1-20-14-15-23(32-19-21-11-8-7-9-12-21)24(29-20)28-16-10-13-22-17-27(5,6)30(18-22)25(31)33-26(2,3)4/h7-9,11-12,14-15,22H,10,13,16-19H2,1-6H3,(H,28,29)/t22-/m0/s1. The maximum atomic E-state index is 12.6. The Labute approximate surface area is 198 Å². The molecule has 2 aromatic rings. The van der Waals surface area contributed by atoms with Crippen molar-refractivity contribution in [2.24, 2.45) is 5.92 Å². The molecule has 2 heterocycles. The number of anilines is 1. The number of rotatable bonds is 8. The summed E-state index contributed by atoms with van der Waals surface area (Å²) in [6.07, 6.45) is 2.82. The average molecular weight is 454 g/mol. The van der Waals surface area contributed by atoms with Gasteiger partial charge in [0.25, 0.3) is 0 Å². The van der Waals surface area contributed by atoms with Crippen LogP contribution in [0.25, 0.3) is 0 Å². The number of likely N-dealkylation sites (tertiary alicyclic amines) is 1. The molecule has 6 heteroatoms. The van der Waals surface area contributed by atoms with E-state index in [-0.39, 0.29) is 11.6 Å². The summed E-state index contributed by atoms with van der Waals surface area (Å²) in [5.74, 6) is 2.02. The number of aromatic nitrogens is 1. The molecule has 1 aromatic heterocycles. The van der Waals surface area contributed by atoms with Gasteiger partial charge < -0.3 is 19.7 Å². The zero-order valence-corrected chi connectivity index (χ0v) is 21.0. The van der Waals surface area contributed by atoms with Gasteiger partial charge in [-0.1, -0.05) is 30.3 Å². The largest absolute Gasteiger partial charge is 0.485 e. The number of hydrogen-bond acceptors (Lipinski definition) is 5. The minimum absolute atomic E-state index is 0.184. The summed E-state index contributed by atoms with van der Waals surface area (Å²) in [5.41, 5.74) is 1.42. The number of ether oxygens (including phenoxy) is 2. The molecule has 1 amide bonds. The fraction of sp³-hybridized carbons (Fsp3) is 0.556. The number of carbonyl (C=O) groups excluding carboxylic acids is 1. The van der Waals surface area contributed by atoms with E-state index in [0.29, 0.717) is 12.5 Å². The molecular formula is C27H39N3O3. The Morgan fingerprint density at radius 1 is 1.18 bits per heavy atom. The van der Waals surface area contributed by atoms with Crippen molar-refractivity contribution < 1.29 is 14.3 Å². The van der Waals surface area contributed by atoms with E-state index in [1.54, 1.807) is 0 Å². The molecule has 6 nitrogen and oxygen atoms in total. The van der Waals surface area contributed by atoms with Crippen LogP contribution in [0.5, 0.6) is 5.75 Å². The van der Waals surface area contributed by atoms with Crippen LogP contribution in [-0.2, 0) is 11.3 Å². The molecule has 0 spiro atoms. The van der Waals surface area contributed by atoms with Crippen molar-refractivity contribution in [3.05, 3.63) is 53.7 Å². The molecular weight excluding hydrogens is 414 g/mol. The van der Waals surface area contributed by atoms with Gasteiger partial charge in [-0.15, -0.1) is 0 Å². The lowest BCUT2D eigenvalue weighted by Crippen LogP contribution is -2.45. The van der Waals surface area contributed by atoms with Crippen molar-refractivity contribution in [3.63, 3.8) is 0 Å². The van der Waals surface area contributed by atoms with E-state index in [0.717, 1.165) is 55.2 Å². The maximum absolute atomic E-state index is 12.6. The summed E-state index contributed by atoms with van der Waals surface area (Å²) in [7, 11) is 0. The van der Waals surface area contributed by atoms with Gasteiger partial charge in [-0.05, 0) is 84.4 Å². The summed E-state index contributed by atoms with van der Waals surface area (Å²) in [6.45, 7) is 14.0. The third-order valence-electron chi connectivity index (χ3n) is 5.89. The number of carbonyl (C=O) groups is 1. The molecule has 0 bridgehead atoms. The second-order valence-electron chi connectivity index (χ2n) is 10.6. The summed E-state index contributed by atoms with van der Waals surface area (Å²) in [6, 6.07) is 14.1. The Morgan fingerprint density at radius 2 is 1.91 bits per heavy atom. The van der Waals surface area contributed by atoms with E-state index in [4.69, 9.17) is 9.47 Å². The first-order valence-electron chi connectivity index (χ1n) is 11.9. The first-order valence-corrected chi connectivity index (χ1v) is 11.9. The van der Waals surface area contributed by atoms with Crippen molar-refractivity contribution in [3.8, 4) is 5.75 Å². The molecule has 1 atom stereocenters. The minimum Gasteiger partial charge on any atom is -0.485 e. The van der Waals surface area contributed by atoms with Crippen molar-refractivity contribution in [1.82, 2.24) is 9.88 Å². The molecule has 0 radical (unpaired) electrons. The number of benzene rings is 1. The van der Waals surface area contributed by atoms with Gasteiger partial charge in [0.15, 0.2) is 11.6 Å². The van der Waals surface area contributed by atoms with Gasteiger partial charge in [-0.2, -0.15) is 0 Å². The average Bonchev–Trinajstić information content (AvgIpc) is 3.04. The monoisotopic (exact) mass is 453 g/mol. The summed E-state index contributed by atoms with van der Waals surface area (Å²) in [5, 5.41) is 3.46. The van der Waals surface area contributed by atoms with Gasteiger partial charge in [0.2, 0.25) is 0 Å². The molecule has 3 rings (SSSR count). The van der Waals surface area contributed by atoms with Crippen LogP contribution in [0.4, 0.5) is 10.6 Å². The second-order valence-corrected chi connectivity index (χ2v) is 10.6. The van der Waals surface area contributed by atoms with Crippen LogP contribution >= 0.6 is 0 Å². The molecule has 0 saturated carbocycles. The van der Waals surface area contributed by atoms with Crippen LogP contribution in [0.2, 0.25) is 0 Å². The molecule has 1 N–H and O–H groups in total. The zero-order chi connectivity index (χ0) is 24.1. The highest BCUT2D eigenvalue weighted by molar-refractivity contribution is 5.69. The molecule has 33 heavy (non-hydrogen) atoms. The van der Waals surface area contributed by atoms with Crippen LogP contribution in [0.15, 0.2) is 42.5 Å². The quantitative estimate of drug-likeness (QED) is 0.482. The molecule has 1 aliphatic heterocycles. The lowest BCUT2D eigenvalue weighted by Gasteiger charge is -2.33. The number of pyridine rings is 1. The van der Waals surface area contributed by atoms with Crippen molar-refractivity contribution in [1.29, 1.82) is 0 Å². The van der Waals surface area contributed by atoms with Crippen LogP contribution < -0.4 is 10.1 Å². The van der Waals surface area contributed by atoms with Gasteiger partial charge in [-0.25, -0.2) is 9.78 Å². The summed E-state index contributed by atoms with van der Waals surface area (Å²) < 4.78 is 11.7. The first-order chi connectivity index (χ1) is 15.5. The Kier molecular flexibility index (Phi) is 7.88. The Morgan fingerprint density at radius 3 is 2.61 bits per heavy atom. The van der Waals surface area contributed by atoms with Gasteiger partial charge in [0.05, 0.1) is 0 Å². The van der Waals surface area contributed by atoms with E-state index in [1.807, 2.05) is 62.9 Å². The van der Waals surface area contributed by atoms with E-state index in [9.17, 15) is 4.79 Å². The third kappa shape index (κ3) is 7.37. The Bertz CT molecular complexity index is 922. The second kappa shape index (κ2) is 10.4. The van der Waals surface area contributed by atoms with Gasteiger partial charge in [0, 0.05) is 24.3 Å². The molecule has 1 fully saturated rings. The Hall–Kier alpha value is -2.76. The van der Waals surface area contributed by atoms with Crippen LogP contribution in [0.3, 0.4) is 0 Å². The van der Waals surface area contributed by atoms with E-state index in [1.165, 1.54) is 0 Å². The first kappa shape index (κ1) is 24.9. The molecule has 0 unspecified atom stereocenters. The van der Waals surface area contributed by atoms with E-state index < -0.39 is 5.60 Å². The topological polar surface area (TPSA) is 63.7 Å². The number of aryl methyl sites for hydroxylation is 1. The fourth-order valence-corrected chi connectivity index (χ4v) is 4.34. The molecule has 1 aromatic carbocycles. The smallest absolute Gasteiger partial charge is 0.410 e. The highest BCUT2D eigenvalue weighted by Gasteiger charge is 2.42. The zero-order valence-electron chi connectivity index (χ0n) is 21.0. The van der Waals surface area contributed by atoms with Crippen LogP contribution in [0, 0.1) is 12.8 Å². The Balaban J connectivity index is 1.50. The van der Waals surface area contributed by atoms with Crippen molar-refractivity contribution in [2.75, 3.05) is 18.4 Å².